The molecule has 38 heavy (non-hydrogen) atoms. The standard InChI is InChI=1S/C28H36N4O4S2/c1-4-13-31-24(30-14-9-10-19(17-30)27(35)36-5-2)21(18(3)22(16-29)25(31)33)15-23-26(34)32(28(37)38-23)20-11-7-6-8-12-20/h15,19-20H,4-14,17H2,1-3H3/b23-15+. The predicted molar refractivity (Wildman–Crippen MR) is 154 cm³/mol. The molecule has 1 aromatic heterocycles. The van der Waals surface area contributed by atoms with Gasteiger partial charge in [0.05, 0.1) is 17.4 Å². The van der Waals surface area contributed by atoms with Crippen LogP contribution in [-0.4, -0.2) is 51.4 Å². The van der Waals surface area contributed by atoms with Crippen LogP contribution in [-0.2, 0) is 20.9 Å². The summed E-state index contributed by atoms with van der Waals surface area (Å²) >= 11 is 6.94. The van der Waals surface area contributed by atoms with Crippen LogP contribution >= 0.6 is 24.0 Å². The lowest BCUT2D eigenvalue weighted by atomic mass is 9.94. The van der Waals surface area contributed by atoms with Crippen LogP contribution < -0.4 is 10.5 Å². The Bertz CT molecular complexity index is 1240. The van der Waals surface area contributed by atoms with Crippen molar-refractivity contribution >= 4 is 52.1 Å². The van der Waals surface area contributed by atoms with E-state index in [1.807, 2.05) is 13.0 Å². The summed E-state index contributed by atoms with van der Waals surface area (Å²) in [7, 11) is 0. The van der Waals surface area contributed by atoms with Gasteiger partial charge in [-0.3, -0.25) is 23.9 Å². The van der Waals surface area contributed by atoms with Gasteiger partial charge >= 0.3 is 5.97 Å². The van der Waals surface area contributed by atoms with Crippen molar-refractivity contribution in [2.45, 2.75) is 84.7 Å². The first kappa shape index (κ1) is 28.4. The average Bonchev–Trinajstić information content (AvgIpc) is 3.20. The number of thioether (sulfide) groups is 1. The zero-order valence-electron chi connectivity index (χ0n) is 22.5. The topological polar surface area (TPSA) is 95.6 Å². The van der Waals surface area contributed by atoms with Gasteiger partial charge in [-0.15, -0.1) is 0 Å². The summed E-state index contributed by atoms with van der Waals surface area (Å²) in [4.78, 5) is 44.0. The zero-order valence-corrected chi connectivity index (χ0v) is 24.1. The first-order valence-electron chi connectivity index (χ1n) is 13.7. The highest BCUT2D eigenvalue weighted by molar-refractivity contribution is 8.26. The van der Waals surface area contributed by atoms with E-state index < -0.39 is 0 Å². The molecule has 2 saturated heterocycles. The van der Waals surface area contributed by atoms with Gasteiger partial charge in [0, 0.05) is 31.2 Å². The Morgan fingerprint density at radius 1 is 1.18 bits per heavy atom. The number of nitrogens with zero attached hydrogens (tertiary/aromatic N) is 4. The molecule has 1 amide bonds. The number of esters is 1. The van der Waals surface area contributed by atoms with E-state index in [1.54, 1.807) is 23.3 Å². The molecule has 10 heteroatoms. The van der Waals surface area contributed by atoms with Crippen LogP contribution in [0.3, 0.4) is 0 Å². The van der Waals surface area contributed by atoms with Crippen molar-refractivity contribution in [2.24, 2.45) is 5.92 Å². The third-order valence-corrected chi connectivity index (χ3v) is 9.00. The monoisotopic (exact) mass is 556 g/mol. The fourth-order valence-corrected chi connectivity index (χ4v) is 7.19. The van der Waals surface area contributed by atoms with Crippen molar-refractivity contribution in [3.05, 3.63) is 31.9 Å². The fourth-order valence-electron chi connectivity index (χ4n) is 5.80. The highest BCUT2D eigenvalue weighted by atomic mass is 32.2. The third-order valence-electron chi connectivity index (χ3n) is 7.67. The molecule has 4 rings (SSSR count). The smallest absolute Gasteiger partial charge is 0.310 e. The van der Waals surface area contributed by atoms with Gasteiger partial charge in [-0.25, -0.2) is 0 Å². The highest BCUT2D eigenvalue weighted by Crippen LogP contribution is 2.39. The number of hydrogen-bond donors (Lipinski definition) is 0. The number of carbonyl (C=O) groups excluding carboxylic acids is 2. The summed E-state index contributed by atoms with van der Waals surface area (Å²) < 4.78 is 7.51. The fraction of sp³-hybridized carbons (Fsp3) is 0.607. The van der Waals surface area contributed by atoms with Crippen LogP contribution in [0.15, 0.2) is 9.70 Å². The van der Waals surface area contributed by atoms with E-state index >= 15 is 0 Å². The maximum atomic E-state index is 13.6. The molecule has 3 heterocycles. The van der Waals surface area contributed by atoms with Crippen LogP contribution in [0.1, 0.15) is 81.9 Å². The van der Waals surface area contributed by atoms with Crippen molar-refractivity contribution in [3.63, 3.8) is 0 Å². The minimum atomic E-state index is -0.341. The van der Waals surface area contributed by atoms with E-state index in [9.17, 15) is 19.6 Å². The summed E-state index contributed by atoms with van der Waals surface area (Å²) in [5.41, 5.74) is 0.950. The van der Waals surface area contributed by atoms with Gasteiger partial charge in [-0.2, -0.15) is 5.26 Å². The largest absolute Gasteiger partial charge is 0.466 e. The Labute approximate surface area is 234 Å². The molecule has 1 saturated carbocycles. The van der Waals surface area contributed by atoms with Crippen molar-refractivity contribution in [1.29, 1.82) is 5.26 Å². The molecule has 0 spiro atoms. The Kier molecular flexibility index (Phi) is 9.32. The second kappa shape index (κ2) is 12.5. The SMILES string of the molecule is CCCn1c(N2CCCC(C(=O)OCC)C2)c(/C=C2/SC(=S)N(C3CCCCC3)C2=O)c(C)c(C#N)c1=O. The number of ether oxygens (including phenoxy) is 1. The Balaban J connectivity index is 1.82. The number of rotatable bonds is 7. The van der Waals surface area contributed by atoms with Gasteiger partial charge in [0.25, 0.3) is 11.5 Å². The molecule has 3 aliphatic rings. The first-order chi connectivity index (χ1) is 18.3. The number of pyridine rings is 1. The number of nitriles is 1. The van der Waals surface area contributed by atoms with Gasteiger partial charge in [-0.05, 0) is 57.6 Å². The molecule has 204 valence electrons. The van der Waals surface area contributed by atoms with Crippen LogP contribution in [0.2, 0.25) is 0 Å². The second-order valence-electron chi connectivity index (χ2n) is 10.2. The predicted octanol–water partition coefficient (Wildman–Crippen LogP) is 4.75. The average molecular weight is 557 g/mol. The third kappa shape index (κ3) is 5.55. The lowest BCUT2D eigenvalue weighted by Gasteiger charge is -2.36. The van der Waals surface area contributed by atoms with E-state index in [0.29, 0.717) is 58.8 Å². The van der Waals surface area contributed by atoms with Crippen molar-refractivity contribution in [3.8, 4) is 6.07 Å². The van der Waals surface area contributed by atoms with Crippen molar-refractivity contribution in [2.75, 3.05) is 24.6 Å². The normalized spacial score (nSPS) is 21.7. The molecular formula is C28H36N4O4S2. The molecule has 1 unspecified atom stereocenters. The van der Waals surface area contributed by atoms with E-state index in [0.717, 1.165) is 38.5 Å². The Morgan fingerprint density at radius 2 is 1.92 bits per heavy atom. The quantitative estimate of drug-likeness (QED) is 0.270. The Hall–Kier alpha value is -2.64. The summed E-state index contributed by atoms with van der Waals surface area (Å²) in [6.07, 6.45) is 9.26. The summed E-state index contributed by atoms with van der Waals surface area (Å²) in [6, 6.07) is 2.22. The molecule has 1 aromatic rings. The van der Waals surface area contributed by atoms with Crippen molar-refractivity contribution < 1.29 is 14.3 Å². The molecule has 1 aliphatic carbocycles. The number of piperidine rings is 1. The van der Waals surface area contributed by atoms with Crippen molar-refractivity contribution in [1.82, 2.24) is 9.47 Å². The van der Waals surface area contributed by atoms with E-state index in [-0.39, 0.29) is 35.0 Å². The highest BCUT2D eigenvalue weighted by Gasteiger charge is 2.38. The van der Waals surface area contributed by atoms with Crippen LogP contribution in [0.25, 0.3) is 6.08 Å². The molecule has 8 nitrogen and oxygen atoms in total. The van der Waals surface area contributed by atoms with Gasteiger partial charge in [-0.1, -0.05) is 50.2 Å². The summed E-state index contributed by atoms with van der Waals surface area (Å²) in [6.45, 7) is 7.36. The molecule has 0 aromatic carbocycles. The summed E-state index contributed by atoms with van der Waals surface area (Å²) in [5.74, 6) is 0.0152. The number of thiocarbonyl (C=S) groups is 1. The lowest BCUT2D eigenvalue weighted by Crippen LogP contribution is -2.43. The minimum Gasteiger partial charge on any atom is -0.466 e. The molecule has 1 atom stereocenters. The number of hydrogen-bond acceptors (Lipinski definition) is 8. The van der Waals surface area contributed by atoms with E-state index in [2.05, 4.69) is 11.0 Å². The van der Waals surface area contributed by atoms with Gasteiger partial charge < -0.3 is 9.64 Å². The first-order valence-corrected chi connectivity index (χ1v) is 14.9. The zero-order chi connectivity index (χ0) is 27.4. The second-order valence-corrected chi connectivity index (χ2v) is 11.9. The number of anilines is 1. The maximum Gasteiger partial charge on any atom is 0.310 e. The lowest BCUT2D eigenvalue weighted by molar-refractivity contribution is -0.148. The number of amides is 1. The Morgan fingerprint density at radius 3 is 2.58 bits per heavy atom. The molecular weight excluding hydrogens is 520 g/mol. The van der Waals surface area contributed by atoms with Gasteiger partial charge in [0.15, 0.2) is 0 Å². The van der Waals surface area contributed by atoms with E-state index in [1.165, 1.54) is 18.2 Å². The van der Waals surface area contributed by atoms with Crippen LogP contribution in [0.4, 0.5) is 5.82 Å². The molecule has 0 bridgehead atoms. The van der Waals surface area contributed by atoms with Gasteiger partial charge in [0.2, 0.25) is 0 Å². The molecule has 3 fully saturated rings. The minimum absolute atomic E-state index is 0.0789. The number of carbonyl (C=O) groups is 2. The van der Waals surface area contributed by atoms with Gasteiger partial charge in [0.1, 0.15) is 21.8 Å². The molecule has 2 aliphatic heterocycles. The molecule has 0 N–H and O–H groups in total. The number of aromatic nitrogens is 1. The summed E-state index contributed by atoms with van der Waals surface area (Å²) in [5, 5.41) is 9.90. The van der Waals surface area contributed by atoms with Crippen LogP contribution in [0.5, 0.6) is 0 Å². The maximum absolute atomic E-state index is 13.6. The van der Waals surface area contributed by atoms with E-state index in [4.69, 9.17) is 17.0 Å². The molecule has 0 radical (unpaired) electrons. The van der Waals surface area contributed by atoms with Crippen LogP contribution in [0, 0.1) is 24.2 Å².